The lowest BCUT2D eigenvalue weighted by atomic mass is 9.89. The van der Waals surface area contributed by atoms with Crippen molar-refractivity contribution in [3.8, 4) is 0 Å². The summed E-state index contributed by atoms with van der Waals surface area (Å²) in [7, 11) is -1.99. The first-order valence-electron chi connectivity index (χ1n) is 6.26. The highest BCUT2D eigenvalue weighted by Crippen LogP contribution is 2.44. The van der Waals surface area contributed by atoms with Gasteiger partial charge in [0, 0.05) is 25.2 Å². The Morgan fingerprint density at radius 3 is 2.44 bits per heavy atom. The SMILES string of the molecule is CC(C)N(C)S(=O)(=O)N1C2CCC1C(C(=O)O)C2. The van der Waals surface area contributed by atoms with Crippen LogP contribution in [-0.4, -0.2) is 53.3 Å². The van der Waals surface area contributed by atoms with E-state index >= 15 is 0 Å². The van der Waals surface area contributed by atoms with E-state index in [2.05, 4.69) is 0 Å². The zero-order valence-corrected chi connectivity index (χ0v) is 11.7. The minimum absolute atomic E-state index is 0.127. The Kier molecular flexibility index (Phi) is 3.42. The van der Waals surface area contributed by atoms with Gasteiger partial charge in [-0.05, 0) is 33.1 Å². The molecular weight excluding hydrogens is 256 g/mol. The third-order valence-corrected chi connectivity index (χ3v) is 6.40. The van der Waals surface area contributed by atoms with Gasteiger partial charge in [-0.15, -0.1) is 0 Å². The predicted octanol–water partition coefficient (Wildman–Crippen LogP) is 0.509. The highest BCUT2D eigenvalue weighted by atomic mass is 32.2. The van der Waals surface area contributed by atoms with E-state index in [0.717, 1.165) is 6.42 Å². The number of nitrogens with zero attached hydrogens (tertiary/aromatic N) is 2. The van der Waals surface area contributed by atoms with Gasteiger partial charge in [-0.1, -0.05) is 0 Å². The fraction of sp³-hybridized carbons (Fsp3) is 0.909. The highest BCUT2D eigenvalue weighted by Gasteiger charge is 2.55. The van der Waals surface area contributed by atoms with Crippen LogP contribution in [0.5, 0.6) is 0 Å². The summed E-state index contributed by atoms with van der Waals surface area (Å²) >= 11 is 0. The fourth-order valence-electron chi connectivity index (χ4n) is 2.98. The molecule has 0 radical (unpaired) electrons. The van der Waals surface area contributed by atoms with Crippen molar-refractivity contribution in [3.05, 3.63) is 0 Å². The number of carbonyl (C=O) groups is 1. The van der Waals surface area contributed by atoms with Crippen molar-refractivity contribution < 1.29 is 18.3 Å². The molecule has 3 unspecified atom stereocenters. The first-order valence-corrected chi connectivity index (χ1v) is 7.65. The Bertz CT molecular complexity index is 448. The average Bonchev–Trinajstić information content (AvgIpc) is 2.85. The Labute approximate surface area is 108 Å². The Hall–Kier alpha value is -0.660. The van der Waals surface area contributed by atoms with Gasteiger partial charge in [0.1, 0.15) is 0 Å². The number of aliphatic carboxylic acids is 1. The first kappa shape index (κ1) is 13.8. The zero-order valence-electron chi connectivity index (χ0n) is 10.9. The maximum absolute atomic E-state index is 12.5. The third-order valence-electron chi connectivity index (χ3n) is 4.15. The van der Waals surface area contributed by atoms with Crippen LogP contribution in [0.25, 0.3) is 0 Å². The van der Waals surface area contributed by atoms with Crippen LogP contribution in [0.4, 0.5) is 0 Å². The number of hydrogen-bond acceptors (Lipinski definition) is 3. The van der Waals surface area contributed by atoms with Crippen LogP contribution in [0.2, 0.25) is 0 Å². The molecule has 2 bridgehead atoms. The summed E-state index contributed by atoms with van der Waals surface area (Å²) < 4.78 is 27.7. The molecule has 18 heavy (non-hydrogen) atoms. The van der Waals surface area contributed by atoms with Gasteiger partial charge in [-0.3, -0.25) is 4.79 Å². The second-order valence-electron chi connectivity index (χ2n) is 5.43. The van der Waals surface area contributed by atoms with Gasteiger partial charge in [0.25, 0.3) is 10.2 Å². The lowest BCUT2D eigenvalue weighted by molar-refractivity contribution is -0.142. The quantitative estimate of drug-likeness (QED) is 0.811. The normalized spacial score (nSPS) is 32.6. The summed E-state index contributed by atoms with van der Waals surface area (Å²) in [6.07, 6.45) is 1.89. The van der Waals surface area contributed by atoms with E-state index < -0.39 is 22.1 Å². The minimum Gasteiger partial charge on any atom is -0.481 e. The molecule has 0 aliphatic carbocycles. The molecule has 1 N–H and O–H groups in total. The summed E-state index contributed by atoms with van der Waals surface area (Å²) in [6.45, 7) is 3.62. The van der Waals surface area contributed by atoms with E-state index in [0.29, 0.717) is 12.8 Å². The second kappa shape index (κ2) is 4.47. The van der Waals surface area contributed by atoms with Crippen LogP contribution in [0, 0.1) is 5.92 Å². The lowest BCUT2D eigenvalue weighted by Gasteiger charge is -2.30. The maximum atomic E-state index is 12.5. The third kappa shape index (κ3) is 1.94. The molecule has 6 nitrogen and oxygen atoms in total. The molecule has 2 heterocycles. The van der Waals surface area contributed by atoms with E-state index in [1.807, 2.05) is 13.8 Å². The Morgan fingerprint density at radius 1 is 1.39 bits per heavy atom. The summed E-state index contributed by atoms with van der Waals surface area (Å²) in [5.74, 6) is -1.42. The van der Waals surface area contributed by atoms with Crippen LogP contribution in [0.15, 0.2) is 0 Å². The Morgan fingerprint density at radius 2 is 2.00 bits per heavy atom. The van der Waals surface area contributed by atoms with Crippen molar-refractivity contribution in [2.24, 2.45) is 5.92 Å². The van der Waals surface area contributed by atoms with Gasteiger partial charge in [0.15, 0.2) is 0 Å². The second-order valence-corrected chi connectivity index (χ2v) is 7.32. The van der Waals surface area contributed by atoms with Crippen LogP contribution in [0.3, 0.4) is 0 Å². The largest absolute Gasteiger partial charge is 0.481 e. The standard InChI is InChI=1S/C11H20N2O4S/c1-7(2)12(3)18(16,17)13-8-4-5-10(13)9(6-8)11(14)15/h7-10H,4-6H2,1-3H3,(H,14,15). The summed E-state index contributed by atoms with van der Waals surface area (Å²) in [4.78, 5) is 11.1. The predicted molar refractivity (Wildman–Crippen MR) is 66.2 cm³/mol. The van der Waals surface area contributed by atoms with Crippen molar-refractivity contribution in [2.45, 2.75) is 51.2 Å². The molecule has 0 spiro atoms. The summed E-state index contributed by atoms with van der Waals surface area (Å²) in [5, 5.41) is 9.13. The van der Waals surface area contributed by atoms with Gasteiger partial charge in [-0.25, -0.2) is 0 Å². The molecular formula is C11H20N2O4S. The molecule has 2 aliphatic heterocycles. The van der Waals surface area contributed by atoms with Gasteiger partial charge >= 0.3 is 5.97 Å². The maximum Gasteiger partial charge on any atom is 0.308 e. The number of rotatable bonds is 4. The number of carboxylic acids is 1. The van der Waals surface area contributed by atoms with Gasteiger partial charge < -0.3 is 5.11 Å². The molecule has 7 heteroatoms. The Balaban J connectivity index is 2.28. The van der Waals surface area contributed by atoms with Gasteiger partial charge in [0.05, 0.1) is 5.92 Å². The molecule has 0 aromatic rings. The number of carboxylic acid groups (broad SMARTS) is 1. The topological polar surface area (TPSA) is 77.9 Å². The van der Waals surface area contributed by atoms with Crippen LogP contribution in [-0.2, 0) is 15.0 Å². The van der Waals surface area contributed by atoms with E-state index in [1.54, 1.807) is 7.05 Å². The fourth-order valence-corrected chi connectivity index (χ4v) is 4.97. The summed E-state index contributed by atoms with van der Waals surface area (Å²) in [5.41, 5.74) is 0. The van der Waals surface area contributed by atoms with E-state index in [-0.39, 0.29) is 18.1 Å². The average molecular weight is 276 g/mol. The van der Waals surface area contributed by atoms with Crippen molar-refractivity contribution >= 4 is 16.2 Å². The molecule has 2 saturated heterocycles. The van der Waals surface area contributed by atoms with Crippen molar-refractivity contribution in [3.63, 3.8) is 0 Å². The van der Waals surface area contributed by atoms with E-state index in [1.165, 1.54) is 8.61 Å². The molecule has 0 saturated carbocycles. The smallest absolute Gasteiger partial charge is 0.308 e. The first-order chi connectivity index (χ1) is 8.26. The van der Waals surface area contributed by atoms with Crippen LogP contribution >= 0.6 is 0 Å². The molecule has 0 aromatic carbocycles. The zero-order chi connectivity index (χ0) is 13.7. The molecule has 3 atom stereocenters. The molecule has 0 amide bonds. The molecule has 104 valence electrons. The molecule has 2 rings (SSSR count). The summed E-state index contributed by atoms with van der Waals surface area (Å²) in [6, 6.07) is -0.626. The van der Waals surface area contributed by atoms with Crippen LogP contribution < -0.4 is 0 Å². The molecule has 2 fully saturated rings. The number of hydrogen-bond donors (Lipinski definition) is 1. The lowest BCUT2D eigenvalue weighted by Crippen LogP contribution is -2.47. The molecule has 2 aliphatic rings. The monoisotopic (exact) mass is 276 g/mol. The highest BCUT2D eigenvalue weighted by molar-refractivity contribution is 7.86. The minimum atomic E-state index is -3.54. The molecule has 0 aromatic heterocycles. The van der Waals surface area contributed by atoms with Crippen LogP contribution in [0.1, 0.15) is 33.1 Å². The van der Waals surface area contributed by atoms with Crippen molar-refractivity contribution in [2.75, 3.05) is 7.05 Å². The van der Waals surface area contributed by atoms with E-state index in [9.17, 15) is 13.2 Å². The van der Waals surface area contributed by atoms with Gasteiger partial charge in [0.2, 0.25) is 0 Å². The van der Waals surface area contributed by atoms with Crippen molar-refractivity contribution in [1.29, 1.82) is 0 Å². The van der Waals surface area contributed by atoms with E-state index in [4.69, 9.17) is 5.11 Å². The van der Waals surface area contributed by atoms with Gasteiger partial charge in [-0.2, -0.15) is 17.0 Å². The van der Waals surface area contributed by atoms with Crippen molar-refractivity contribution in [1.82, 2.24) is 8.61 Å². The number of fused-ring (bicyclic) bond motifs is 2.